The van der Waals surface area contributed by atoms with Crippen LogP contribution >= 0.6 is 0 Å². The van der Waals surface area contributed by atoms with Gasteiger partial charge in [0.15, 0.2) is 5.75 Å². The first kappa shape index (κ1) is 22.0. The van der Waals surface area contributed by atoms with Gasteiger partial charge in [-0.05, 0) is 57.6 Å². The Kier molecular flexibility index (Phi) is 5.75. The Morgan fingerprint density at radius 2 is 1.66 bits per heavy atom. The number of nitrogens with one attached hydrogen (secondary N) is 1. The highest BCUT2D eigenvalue weighted by Crippen LogP contribution is 2.29. The summed E-state index contributed by atoms with van der Waals surface area (Å²) in [7, 11) is 0. The van der Waals surface area contributed by atoms with E-state index in [1.54, 1.807) is 0 Å². The van der Waals surface area contributed by atoms with E-state index in [0.29, 0.717) is 30.6 Å². The van der Waals surface area contributed by atoms with Crippen LogP contribution in [0.1, 0.15) is 60.9 Å². The highest BCUT2D eigenvalue weighted by Gasteiger charge is 2.30. The number of rotatable bonds is 7. The number of aromatic hydroxyl groups is 1. The lowest BCUT2D eigenvalue weighted by Gasteiger charge is -2.11. The fraction of sp³-hybridized carbons (Fsp3) is 0.440. The van der Waals surface area contributed by atoms with Gasteiger partial charge >= 0.3 is 0 Å². The number of carbonyl (C=O) groups excluding carboxylic acids is 1. The molecule has 1 fully saturated rings. The van der Waals surface area contributed by atoms with E-state index >= 15 is 0 Å². The molecule has 1 aliphatic carbocycles. The SMILES string of the molecule is Cc1cc(C)c(-n2[nH]c(CCCC(=O)C3CCCC3)c(-c3c(O)c(=O)c3=O)c2=O)c(C)c1. The molecule has 0 spiro atoms. The summed E-state index contributed by atoms with van der Waals surface area (Å²) in [6.45, 7) is 5.77. The second kappa shape index (κ2) is 8.37. The van der Waals surface area contributed by atoms with Crippen LogP contribution in [0.15, 0.2) is 26.5 Å². The van der Waals surface area contributed by atoms with Crippen LogP contribution in [-0.4, -0.2) is 20.7 Å². The molecule has 0 aliphatic heterocycles. The summed E-state index contributed by atoms with van der Waals surface area (Å²) in [5, 5.41) is 13.1. The highest BCUT2D eigenvalue weighted by atomic mass is 16.3. The Labute approximate surface area is 185 Å². The van der Waals surface area contributed by atoms with E-state index in [0.717, 1.165) is 42.4 Å². The number of carbonyl (C=O) groups is 1. The fourth-order valence-corrected chi connectivity index (χ4v) is 5.11. The van der Waals surface area contributed by atoms with Crippen LogP contribution in [0.5, 0.6) is 5.75 Å². The molecule has 7 heteroatoms. The summed E-state index contributed by atoms with van der Waals surface area (Å²) in [6, 6.07) is 3.92. The minimum Gasteiger partial charge on any atom is -0.503 e. The molecule has 0 radical (unpaired) electrons. The minimum absolute atomic E-state index is 0.0276. The highest BCUT2D eigenvalue weighted by molar-refractivity contribution is 5.81. The number of benzene rings is 1. The van der Waals surface area contributed by atoms with E-state index < -0.39 is 22.2 Å². The summed E-state index contributed by atoms with van der Waals surface area (Å²) in [4.78, 5) is 49.6. The zero-order valence-electron chi connectivity index (χ0n) is 18.7. The van der Waals surface area contributed by atoms with Gasteiger partial charge < -0.3 is 5.11 Å². The predicted molar refractivity (Wildman–Crippen MR) is 123 cm³/mol. The Morgan fingerprint density at radius 1 is 1.03 bits per heavy atom. The lowest BCUT2D eigenvalue weighted by molar-refractivity contribution is -0.122. The van der Waals surface area contributed by atoms with Crippen LogP contribution < -0.4 is 16.4 Å². The van der Waals surface area contributed by atoms with Gasteiger partial charge in [-0.2, -0.15) is 0 Å². The lowest BCUT2D eigenvalue weighted by atomic mass is 9.95. The number of ketones is 1. The Hall–Kier alpha value is -3.22. The number of hydrogen-bond acceptors (Lipinski definition) is 5. The molecule has 1 saturated carbocycles. The molecule has 3 aromatic rings. The summed E-state index contributed by atoms with van der Waals surface area (Å²) in [5.41, 5.74) is 1.44. The first-order valence-corrected chi connectivity index (χ1v) is 11.2. The average Bonchev–Trinajstić information content (AvgIpc) is 3.38. The third kappa shape index (κ3) is 3.66. The van der Waals surface area contributed by atoms with Gasteiger partial charge in [-0.3, -0.25) is 24.3 Å². The molecule has 7 nitrogen and oxygen atoms in total. The summed E-state index contributed by atoms with van der Waals surface area (Å²) >= 11 is 0. The van der Waals surface area contributed by atoms with Gasteiger partial charge in [0.05, 0.1) is 16.8 Å². The van der Waals surface area contributed by atoms with E-state index in [1.807, 2.05) is 32.9 Å². The van der Waals surface area contributed by atoms with Gasteiger partial charge in [-0.1, -0.05) is 30.5 Å². The quantitative estimate of drug-likeness (QED) is 0.553. The molecule has 0 amide bonds. The van der Waals surface area contributed by atoms with Crippen LogP contribution in [-0.2, 0) is 11.2 Å². The van der Waals surface area contributed by atoms with Gasteiger partial charge in [0.25, 0.3) is 11.0 Å². The van der Waals surface area contributed by atoms with Crippen molar-refractivity contribution in [1.82, 2.24) is 9.78 Å². The molecule has 0 bridgehead atoms. The maximum Gasteiger partial charge on any atom is 0.279 e. The van der Waals surface area contributed by atoms with E-state index in [1.165, 1.54) is 4.68 Å². The second-order valence-electron chi connectivity index (χ2n) is 9.04. The van der Waals surface area contributed by atoms with Crippen molar-refractivity contribution in [1.29, 1.82) is 0 Å². The topological polar surface area (TPSA) is 109 Å². The van der Waals surface area contributed by atoms with Gasteiger partial charge in [-0.25, -0.2) is 4.68 Å². The molecule has 4 rings (SSSR count). The van der Waals surface area contributed by atoms with Crippen molar-refractivity contribution in [2.24, 2.45) is 5.92 Å². The largest absolute Gasteiger partial charge is 0.503 e. The molecular weight excluding hydrogens is 408 g/mol. The number of hydrogen-bond donors (Lipinski definition) is 2. The van der Waals surface area contributed by atoms with E-state index in [9.17, 15) is 24.3 Å². The molecule has 32 heavy (non-hydrogen) atoms. The number of aromatic nitrogens is 2. The van der Waals surface area contributed by atoms with Crippen molar-refractivity contribution < 1.29 is 9.90 Å². The molecule has 0 saturated heterocycles. The molecule has 0 unspecified atom stereocenters. The third-order valence-corrected chi connectivity index (χ3v) is 6.62. The maximum atomic E-state index is 13.4. The fourth-order valence-electron chi connectivity index (χ4n) is 5.11. The maximum absolute atomic E-state index is 13.4. The van der Waals surface area contributed by atoms with Crippen molar-refractivity contribution >= 4 is 5.78 Å². The van der Waals surface area contributed by atoms with E-state index in [-0.39, 0.29) is 22.8 Å². The number of aryl methyl sites for hydroxylation is 4. The summed E-state index contributed by atoms with van der Waals surface area (Å²) in [6.07, 6.45) is 5.35. The van der Waals surface area contributed by atoms with Crippen LogP contribution in [0.4, 0.5) is 0 Å². The molecule has 1 heterocycles. The van der Waals surface area contributed by atoms with Crippen molar-refractivity contribution in [3.8, 4) is 22.6 Å². The Bertz CT molecular complexity index is 1300. The second-order valence-corrected chi connectivity index (χ2v) is 9.04. The minimum atomic E-state index is -0.975. The summed E-state index contributed by atoms with van der Waals surface area (Å²) < 4.78 is 1.38. The number of nitrogens with zero attached hydrogens (tertiary/aromatic N) is 1. The van der Waals surface area contributed by atoms with Crippen LogP contribution in [0, 0.1) is 26.7 Å². The average molecular weight is 437 g/mol. The van der Waals surface area contributed by atoms with Crippen molar-refractivity contribution in [2.45, 2.75) is 65.7 Å². The monoisotopic (exact) mass is 436 g/mol. The Balaban J connectivity index is 1.73. The standard InChI is InChI=1S/C25H28N2O5/c1-13-11-14(2)21(15(3)12-13)27-25(32)19(20-22(29)24(31)23(20)30)17(26-27)9-6-10-18(28)16-7-4-5-8-16/h11-12,16,26,29H,4-10H2,1-3H3. The number of H-pyrrole nitrogens is 1. The van der Waals surface area contributed by atoms with E-state index in [4.69, 9.17) is 0 Å². The predicted octanol–water partition coefficient (Wildman–Crippen LogP) is 3.14. The zero-order chi connectivity index (χ0) is 23.2. The Morgan fingerprint density at radius 3 is 2.25 bits per heavy atom. The molecule has 1 aliphatic rings. The van der Waals surface area contributed by atoms with Crippen molar-refractivity contribution in [2.75, 3.05) is 0 Å². The number of Topliss-reactive ketones (excluding diaryl/α,β-unsaturated/α-hetero) is 1. The first-order valence-electron chi connectivity index (χ1n) is 11.2. The smallest absolute Gasteiger partial charge is 0.279 e. The normalized spacial score (nSPS) is 14.5. The van der Waals surface area contributed by atoms with Crippen molar-refractivity contribution in [3.05, 3.63) is 65.3 Å². The van der Waals surface area contributed by atoms with Gasteiger partial charge in [0.2, 0.25) is 5.43 Å². The lowest BCUT2D eigenvalue weighted by Crippen LogP contribution is -2.34. The summed E-state index contributed by atoms with van der Waals surface area (Å²) in [5.74, 6) is -0.291. The zero-order valence-corrected chi connectivity index (χ0v) is 18.7. The molecule has 2 aromatic carbocycles. The molecule has 1 aromatic heterocycles. The third-order valence-electron chi connectivity index (χ3n) is 6.62. The van der Waals surface area contributed by atoms with Gasteiger partial charge in [0, 0.05) is 18.0 Å². The molecule has 168 valence electrons. The van der Waals surface area contributed by atoms with Crippen LogP contribution in [0.25, 0.3) is 16.8 Å². The molecule has 0 atom stereocenters. The van der Waals surface area contributed by atoms with Gasteiger partial charge in [-0.15, -0.1) is 0 Å². The van der Waals surface area contributed by atoms with Crippen LogP contribution in [0.2, 0.25) is 0 Å². The number of aromatic amines is 1. The molecule has 2 N–H and O–H groups in total. The van der Waals surface area contributed by atoms with Crippen LogP contribution in [0.3, 0.4) is 0 Å². The van der Waals surface area contributed by atoms with Gasteiger partial charge in [0.1, 0.15) is 5.78 Å². The first-order chi connectivity index (χ1) is 15.2. The van der Waals surface area contributed by atoms with E-state index in [2.05, 4.69) is 5.10 Å². The van der Waals surface area contributed by atoms with Crippen molar-refractivity contribution in [3.63, 3.8) is 0 Å². The molecular formula is C25H28N2O5.